The number of carbonyl (C=O) groups is 1. The van der Waals surface area contributed by atoms with E-state index < -0.39 is 0 Å². The first-order valence-electron chi connectivity index (χ1n) is 6.34. The summed E-state index contributed by atoms with van der Waals surface area (Å²) in [6.45, 7) is 0.591. The monoisotopic (exact) mass is 253 g/mol. The molecule has 2 aromatic carbocycles. The fraction of sp³-hybridized carbons (Fsp3) is 0.188. The number of hydrogen-bond acceptors (Lipinski definition) is 2. The van der Waals surface area contributed by atoms with Crippen LogP contribution in [0, 0.1) is 0 Å². The van der Waals surface area contributed by atoms with Crippen molar-refractivity contribution in [3.63, 3.8) is 0 Å². The minimum Gasteiger partial charge on any atom is -0.491 e. The van der Waals surface area contributed by atoms with Gasteiger partial charge in [0.25, 0.3) is 5.91 Å². The van der Waals surface area contributed by atoms with Crippen molar-refractivity contribution in [3.05, 3.63) is 65.2 Å². The van der Waals surface area contributed by atoms with Crippen molar-refractivity contribution >= 4 is 5.91 Å². The molecule has 0 bridgehead atoms. The molecular formula is C16H15NO2. The second-order valence-corrected chi connectivity index (χ2v) is 4.58. The molecule has 0 saturated heterocycles. The fourth-order valence-electron chi connectivity index (χ4n) is 2.52. The Kier molecular flexibility index (Phi) is 2.95. The number of benzene rings is 2. The van der Waals surface area contributed by atoms with Crippen molar-refractivity contribution < 1.29 is 9.53 Å². The summed E-state index contributed by atoms with van der Waals surface area (Å²) in [6, 6.07) is 16.0. The molecule has 1 heterocycles. The minimum absolute atomic E-state index is 0.106. The van der Waals surface area contributed by atoms with E-state index in [1.807, 2.05) is 30.3 Å². The summed E-state index contributed by atoms with van der Waals surface area (Å²) in [6.07, 6.45) is 0. The number of fused-ring (bicyclic) bond motifs is 1. The van der Waals surface area contributed by atoms with E-state index in [4.69, 9.17) is 4.74 Å². The van der Waals surface area contributed by atoms with Crippen molar-refractivity contribution in [1.82, 2.24) is 5.32 Å². The standard InChI is InChI=1S/C16H15NO2/c1-17-16(18)13-9-5-8-12-14(10-19-15(12)13)11-6-3-2-4-7-11/h2-9,14H,10H2,1H3,(H,17,18). The number of carbonyl (C=O) groups excluding carboxylic acids is 1. The molecule has 0 aromatic heterocycles. The summed E-state index contributed by atoms with van der Waals surface area (Å²) < 4.78 is 5.76. The predicted molar refractivity (Wildman–Crippen MR) is 73.6 cm³/mol. The molecule has 3 nitrogen and oxygen atoms in total. The van der Waals surface area contributed by atoms with E-state index in [1.165, 1.54) is 5.56 Å². The molecule has 0 saturated carbocycles. The molecule has 1 aliphatic rings. The van der Waals surface area contributed by atoms with Gasteiger partial charge in [0, 0.05) is 18.5 Å². The summed E-state index contributed by atoms with van der Waals surface area (Å²) in [5.41, 5.74) is 2.92. The van der Waals surface area contributed by atoms with Gasteiger partial charge in [-0.1, -0.05) is 42.5 Å². The Hall–Kier alpha value is -2.29. The lowest BCUT2D eigenvalue weighted by Crippen LogP contribution is -2.18. The molecule has 3 rings (SSSR count). The van der Waals surface area contributed by atoms with Crippen LogP contribution >= 0.6 is 0 Å². The largest absolute Gasteiger partial charge is 0.491 e. The summed E-state index contributed by atoms with van der Waals surface area (Å²) in [4.78, 5) is 11.8. The lowest BCUT2D eigenvalue weighted by molar-refractivity contribution is 0.0960. The molecular weight excluding hydrogens is 238 g/mol. The number of amides is 1. The number of para-hydroxylation sites is 1. The quantitative estimate of drug-likeness (QED) is 0.893. The van der Waals surface area contributed by atoms with Gasteiger partial charge in [0.05, 0.1) is 12.2 Å². The Morgan fingerprint density at radius 1 is 1.16 bits per heavy atom. The zero-order chi connectivity index (χ0) is 13.2. The summed E-state index contributed by atoms with van der Waals surface area (Å²) in [5.74, 6) is 0.821. The fourth-order valence-corrected chi connectivity index (χ4v) is 2.52. The molecule has 0 fully saturated rings. The first-order chi connectivity index (χ1) is 9.31. The highest BCUT2D eigenvalue weighted by Gasteiger charge is 2.29. The van der Waals surface area contributed by atoms with Crippen LogP contribution in [0.2, 0.25) is 0 Å². The molecule has 19 heavy (non-hydrogen) atoms. The Labute approximate surface area is 112 Å². The Balaban J connectivity index is 2.05. The molecule has 1 amide bonds. The van der Waals surface area contributed by atoms with E-state index in [2.05, 4.69) is 17.4 Å². The third kappa shape index (κ3) is 1.97. The van der Waals surface area contributed by atoms with E-state index in [-0.39, 0.29) is 11.8 Å². The maximum Gasteiger partial charge on any atom is 0.254 e. The first kappa shape index (κ1) is 11.8. The average molecular weight is 253 g/mol. The minimum atomic E-state index is -0.106. The summed E-state index contributed by atoms with van der Waals surface area (Å²) in [7, 11) is 1.63. The number of rotatable bonds is 2. The topological polar surface area (TPSA) is 38.3 Å². The van der Waals surface area contributed by atoms with Gasteiger partial charge in [0.2, 0.25) is 0 Å². The van der Waals surface area contributed by atoms with Gasteiger partial charge in [-0.3, -0.25) is 4.79 Å². The van der Waals surface area contributed by atoms with Crippen LogP contribution in [0.25, 0.3) is 0 Å². The van der Waals surface area contributed by atoms with Crippen molar-refractivity contribution in [1.29, 1.82) is 0 Å². The Bertz CT molecular complexity index is 607. The Morgan fingerprint density at radius 2 is 1.95 bits per heavy atom. The number of nitrogens with one attached hydrogen (secondary N) is 1. The van der Waals surface area contributed by atoms with E-state index in [0.29, 0.717) is 12.2 Å². The van der Waals surface area contributed by atoms with Gasteiger partial charge in [0.1, 0.15) is 5.75 Å². The third-order valence-corrected chi connectivity index (χ3v) is 3.49. The molecule has 0 aliphatic carbocycles. The zero-order valence-corrected chi connectivity index (χ0v) is 10.7. The normalized spacial score (nSPS) is 16.6. The van der Waals surface area contributed by atoms with Crippen LogP contribution in [0.4, 0.5) is 0 Å². The van der Waals surface area contributed by atoms with Gasteiger partial charge in [-0.25, -0.2) is 0 Å². The molecule has 0 spiro atoms. The van der Waals surface area contributed by atoms with E-state index in [1.54, 1.807) is 13.1 Å². The van der Waals surface area contributed by atoms with E-state index in [9.17, 15) is 4.79 Å². The van der Waals surface area contributed by atoms with Gasteiger partial charge < -0.3 is 10.1 Å². The van der Waals surface area contributed by atoms with Crippen LogP contribution in [-0.4, -0.2) is 19.6 Å². The zero-order valence-electron chi connectivity index (χ0n) is 10.7. The second kappa shape index (κ2) is 4.76. The molecule has 1 atom stereocenters. The highest BCUT2D eigenvalue weighted by Crippen LogP contribution is 2.40. The van der Waals surface area contributed by atoms with Gasteiger partial charge >= 0.3 is 0 Å². The molecule has 0 radical (unpaired) electrons. The number of ether oxygens (including phenoxy) is 1. The maximum atomic E-state index is 11.8. The van der Waals surface area contributed by atoms with Crippen LogP contribution in [-0.2, 0) is 0 Å². The van der Waals surface area contributed by atoms with Gasteiger partial charge in [-0.05, 0) is 11.6 Å². The van der Waals surface area contributed by atoms with Crippen molar-refractivity contribution in [3.8, 4) is 5.75 Å². The highest BCUT2D eigenvalue weighted by atomic mass is 16.5. The van der Waals surface area contributed by atoms with Crippen molar-refractivity contribution in [2.45, 2.75) is 5.92 Å². The first-order valence-corrected chi connectivity index (χ1v) is 6.34. The van der Waals surface area contributed by atoms with Crippen LogP contribution in [0.15, 0.2) is 48.5 Å². The summed E-state index contributed by atoms with van der Waals surface area (Å²) >= 11 is 0. The van der Waals surface area contributed by atoms with Crippen LogP contribution in [0.1, 0.15) is 27.4 Å². The maximum absolute atomic E-state index is 11.8. The van der Waals surface area contributed by atoms with Crippen LogP contribution < -0.4 is 10.1 Å². The van der Waals surface area contributed by atoms with Crippen LogP contribution in [0.3, 0.4) is 0 Å². The molecule has 1 N–H and O–H groups in total. The highest BCUT2D eigenvalue weighted by molar-refractivity contribution is 5.97. The second-order valence-electron chi connectivity index (χ2n) is 4.58. The van der Waals surface area contributed by atoms with Crippen molar-refractivity contribution in [2.24, 2.45) is 0 Å². The smallest absolute Gasteiger partial charge is 0.254 e. The predicted octanol–water partition coefficient (Wildman–Crippen LogP) is 2.57. The van der Waals surface area contributed by atoms with Gasteiger partial charge in [0.15, 0.2) is 0 Å². The molecule has 2 aromatic rings. The molecule has 1 aliphatic heterocycles. The molecule has 96 valence electrons. The van der Waals surface area contributed by atoms with Crippen LogP contribution in [0.5, 0.6) is 5.75 Å². The lowest BCUT2D eigenvalue weighted by atomic mass is 9.92. The van der Waals surface area contributed by atoms with E-state index in [0.717, 1.165) is 11.3 Å². The molecule has 3 heteroatoms. The molecule has 1 unspecified atom stereocenters. The van der Waals surface area contributed by atoms with Gasteiger partial charge in [-0.15, -0.1) is 0 Å². The number of hydrogen-bond donors (Lipinski definition) is 1. The van der Waals surface area contributed by atoms with Crippen molar-refractivity contribution in [2.75, 3.05) is 13.7 Å². The Morgan fingerprint density at radius 3 is 2.68 bits per heavy atom. The SMILES string of the molecule is CNC(=O)c1cccc2c1OCC2c1ccccc1. The lowest BCUT2D eigenvalue weighted by Gasteiger charge is -2.09. The summed E-state index contributed by atoms with van der Waals surface area (Å²) in [5, 5.41) is 2.65. The third-order valence-electron chi connectivity index (χ3n) is 3.49. The average Bonchev–Trinajstić information content (AvgIpc) is 2.91. The van der Waals surface area contributed by atoms with E-state index >= 15 is 0 Å². The van der Waals surface area contributed by atoms with Gasteiger partial charge in [-0.2, -0.15) is 0 Å².